The van der Waals surface area contributed by atoms with Crippen LogP contribution in [0.25, 0.3) is 11.6 Å². The molecule has 3 rings (SSSR count). The average molecular weight is 616 g/mol. The lowest BCUT2D eigenvalue weighted by Crippen LogP contribution is -2.28. The Morgan fingerprint density at radius 2 is 1.70 bits per heavy atom. The molecule has 0 spiro atoms. The van der Waals surface area contributed by atoms with E-state index in [1.54, 1.807) is 13.1 Å². The van der Waals surface area contributed by atoms with Crippen LogP contribution >= 0.6 is 9.24 Å². The molecule has 0 aliphatic carbocycles. The smallest absolute Gasteiger partial charge is 0.240 e. The van der Waals surface area contributed by atoms with Crippen molar-refractivity contribution in [3.05, 3.63) is 41.3 Å². The molecule has 6 atom stereocenters. The lowest BCUT2D eigenvalue weighted by Gasteiger charge is -2.24. The number of aromatic nitrogens is 4. The van der Waals surface area contributed by atoms with Crippen molar-refractivity contribution in [2.75, 3.05) is 13.6 Å². The van der Waals surface area contributed by atoms with Crippen LogP contribution in [-0.4, -0.2) is 52.1 Å². The third-order valence-electron chi connectivity index (χ3n) is 8.14. The first-order chi connectivity index (χ1) is 20.4. The van der Waals surface area contributed by atoms with Crippen molar-refractivity contribution in [1.82, 2.24) is 25.4 Å². The minimum absolute atomic E-state index is 0.00212. The van der Waals surface area contributed by atoms with Crippen LogP contribution in [0.3, 0.4) is 0 Å². The number of hydrogen-bond acceptors (Lipinski definition) is 8. The van der Waals surface area contributed by atoms with Gasteiger partial charge in [-0.15, -0.1) is 9.24 Å². The van der Waals surface area contributed by atoms with Crippen LogP contribution in [-0.2, 0) is 5.41 Å². The van der Waals surface area contributed by atoms with E-state index in [0.29, 0.717) is 36.5 Å². The molecule has 0 fully saturated rings. The normalized spacial score (nSPS) is 15.5. The van der Waals surface area contributed by atoms with Crippen LogP contribution in [0.1, 0.15) is 97.6 Å². The highest BCUT2D eigenvalue weighted by Gasteiger charge is 2.32. The van der Waals surface area contributed by atoms with Crippen molar-refractivity contribution in [3.63, 3.8) is 0 Å². The van der Waals surface area contributed by atoms with Crippen LogP contribution in [0.5, 0.6) is 11.8 Å². The highest BCUT2D eigenvalue weighted by molar-refractivity contribution is 7.27. The van der Waals surface area contributed by atoms with Crippen LogP contribution in [0.15, 0.2) is 28.8 Å². The minimum Gasteiger partial charge on any atom is -0.474 e. The second kappa shape index (κ2) is 15.9. The van der Waals surface area contributed by atoms with Crippen LogP contribution in [0, 0.1) is 18.8 Å². The summed E-state index contributed by atoms with van der Waals surface area (Å²) < 4.78 is 32.9. The Kier molecular flexibility index (Phi) is 12.9. The monoisotopic (exact) mass is 615 g/mol. The number of ether oxygens (including phenoxy) is 2. The maximum Gasteiger partial charge on any atom is 0.240 e. The molecule has 3 aromatic rings. The largest absolute Gasteiger partial charge is 0.474 e. The van der Waals surface area contributed by atoms with Gasteiger partial charge in [-0.1, -0.05) is 69.5 Å². The fourth-order valence-corrected chi connectivity index (χ4v) is 5.60. The van der Waals surface area contributed by atoms with Crippen molar-refractivity contribution in [3.8, 4) is 23.4 Å². The van der Waals surface area contributed by atoms with Crippen molar-refractivity contribution in [1.29, 1.82) is 0 Å². The number of alkyl halides is 1. The lowest BCUT2D eigenvalue weighted by atomic mass is 9.83. The zero-order valence-corrected chi connectivity index (χ0v) is 28.6. The summed E-state index contributed by atoms with van der Waals surface area (Å²) in [7, 11) is 4.54. The van der Waals surface area contributed by atoms with E-state index in [0.717, 1.165) is 42.1 Å². The number of hydrogen-bond donors (Lipinski definition) is 1. The van der Waals surface area contributed by atoms with Crippen molar-refractivity contribution in [2.45, 2.75) is 111 Å². The van der Waals surface area contributed by atoms with E-state index >= 15 is 0 Å². The van der Waals surface area contributed by atoms with Gasteiger partial charge in [-0.25, -0.2) is 4.39 Å². The van der Waals surface area contributed by atoms with Crippen LogP contribution < -0.4 is 20.1 Å². The van der Waals surface area contributed by atoms with Gasteiger partial charge < -0.3 is 19.3 Å². The molecule has 2 heterocycles. The summed E-state index contributed by atoms with van der Waals surface area (Å²) >= 11 is 0. The molecule has 1 aromatic carbocycles. The van der Waals surface area contributed by atoms with E-state index in [9.17, 15) is 4.39 Å². The summed E-state index contributed by atoms with van der Waals surface area (Å²) in [5, 5.41) is 8.23. The predicted molar refractivity (Wildman–Crippen MR) is 174 cm³/mol. The molecular weight excluding hydrogens is 564 g/mol. The molecule has 1 N–H and O–H groups in total. The Balaban J connectivity index is 1.97. The molecule has 0 aliphatic rings. The Morgan fingerprint density at radius 1 is 1.00 bits per heavy atom. The topological polar surface area (TPSA) is 95.2 Å². The van der Waals surface area contributed by atoms with Crippen LogP contribution in [0.2, 0.25) is 0 Å². The second-order valence-corrected chi connectivity index (χ2v) is 13.1. The van der Waals surface area contributed by atoms with E-state index < -0.39 is 11.6 Å². The van der Waals surface area contributed by atoms with Gasteiger partial charge in [0.25, 0.3) is 0 Å². The van der Waals surface area contributed by atoms with Crippen molar-refractivity contribution < 1.29 is 18.4 Å². The molecule has 0 bridgehead atoms. The van der Waals surface area contributed by atoms with Gasteiger partial charge in [0.2, 0.25) is 29.3 Å². The van der Waals surface area contributed by atoms with Gasteiger partial charge in [-0.3, -0.25) is 0 Å². The highest BCUT2D eigenvalue weighted by atomic mass is 31.0. The Labute approximate surface area is 259 Å². The van der Waals surface area contributed by atoms with E-state index in [4.69, 9.17) is 24.0 Å². The van der Waals surface area contributed by atoms with E-state index in [-0.39, 0.29) is 29.8 Å². The quantitative estimate of drug-likeness (QED) is 0.162. The van der Waals surface area contributed by atoms with Gasteiger partial charge in [-0.2, -0.15) is 15.0 Å². The molecule has 10 heteroatoms. The van der Waals surface area contributed by atoms with Gasteiger partial charge in [0.05, 0.1) is 11.5 Å². The maximum absolute atomic E-state index is 14.3. The fraction of sp³-hybridized carbons (Fsp3) is 0.636. The molecular formula is C33H51FN5O3P. The number of nitrogens with one attached hydrogen (secondary N) is 1. The Hall–Kier alpha value is -2.64. The molecule has 0 saturated heterocycles. The van der Waals surface area contributed by atoms with Gasteiger partial charge in [0, 0.05) is 6.54 Å². The molecule has 0 aliphatic heterocycles. The molecule has 1 unspecified atom stereocenters. The molecule has 2 aromatic heterocycles. The lowest BCUT2D eigenvalue weighted by molar-refractivity contribution is 0.123. The zero-order chi connectivity index (χ0) is 31.7. The molecule has 0 amide bonds. The third-order valence-corrected chi connectivity index (χ3v) is 8.65. The van der Waals surface area contributed by atoms with Gasteiger partial charge in [0.1, 0.15) is 18.4 Å². The average Bonchev–Trinajstić information content (AvgIpc) is 3.46. The second-order valence-electron chi connectivity index (χ2n) is 12.5. The van der Waals surface area contributed by atoms with Gasteiger partial charge in [-0.05, 0) is 76.7 Å². The number of benzene rings is 1. The predicted octanol–water partition coefficient (Wildman–Crippen LogP) is 7.00. The summed E-state index contributed by atoms with van der Waals surface area (Å²) in [4.78, 5) is 14.1. The number of halogens is 1. The maximum atomic E-state index is 14.3. The summed E-state index contributed by atoms with van der Waals surface area (Å²) in [5.74, 6) is 2.17. The zero-order valence-electron chi connectivity index (χ0n) is 27.4. The summed E-state index contributed by atoms with van der Waals surface area (Å²) in [5.41, 5.74) is 1.68. The molecule has 0 saturated carbocycles. The van der Waals surface area contributed by atoms with E-state index in [2.05, 4.69) is 84.4 Å². The molecule has 43 heavy (non-hydrogen) atoms. The fourth-order valence-electron chi connectivity index (χ4n) is 5.06. The molecule has 238 valence electrons. The van der Waals surface area contributed by atoms with Gasteiger partial charge >= 0.3 is 0 Å². The highest BCUT2D eigenvalue weighted by Crippen LogP contribution is 2.33. The number of nitrogens with zero attached hydrogens (tertiary/aromatic N) is 4. The first-order valence-corrected chi connectivity index (χ1v) is 16.2. The number of aryl methyl sites for hydroxylation is 1. The summed E-state index contributed by atoms with van der Waals surface area (Å²) in [6, 6.07) is 7.99. The summed E-state index contributed by atoms with van der Waals surface area (Å²) in [6.07, 6.45) is 3.02. The first-order valence-electron chi connectivity index (χ1n) is 15.6. The van der Waals surface area contributed by atoms with E-state index in [1.165, 1.54) is 0 Å². The Morgan fingerprint density at radius 3 is 2.35 bits per heavy atom. The first kappa shape index (κ1) is 34.8. The SMILES string of the molecule is CCC[C@@H](C[C@H](C)CC)Oc1cc(O[C@@H](C)[C@@H](C)C[C@@H](F)CNC)nc(-c2noc(C(C)(C)c3cc(C)ccc3P)n2)n1. The molecule has 0 radical (unpaired) electrons. The standard InChI is InChI=1S/C33H51FN5O3P/c1-10-12-25(15-20(3)11-2)41-29-18-28(40-23(6)22(5)17-24(34)19-35-9)36-30(37-29)31-38-32(42-39-31)33(7,8)26-16-21(4)13-14-27(26)43/h13-14,16,18,20,22-25,35H,10-12,15,17,19,43H2,1-9H3/t20-,22+,23+,24-,25+/m1/s1. The Bertz CT molecular complexity index is 1300. The van der Waals surface area contributed by atoms with Crippen LogP contribution in [0.4, 0.5) is 4.39 Å². The summed E-state index contributed by atoms with van der Waals surface area (Å²) in [6.45, 7) is 17.0. The van der Waals surface area contributed by atoms with Gasteiger partial charge in [0.15, 0.2) is 0 Å². The molecule has 8 nitrogen and oxygen atoms in total. The third kappa shape index (κ3) is 9.67. The number of rotatable bonds is 17. The minimum atomic E-state index is -0.960. The van der Waals surface area contributed by atoms with Crippen molar-refractivity contribution in [2.24, 2.45) is 11.8 Å². The van der Waals surface area contributed by atoms with Crippen molar-refractivity contribution >= 4 is 14.5 Å². The van der Waals surface area contributed by atoms with E-state index in [1.807, 2.05) is 13.8 Å².